The number of ether oxygens (including phenoxy) is 3. The number of pyridine rings is 1. The zero-order valence-electron chi connectivity index (χ0n) is 16.2. The molecule has 0 fully saturated rings. The molecule has 0 bridgehead atoms. The Hall–Kier alpha value is -2.86. The molecule has 29 heavy (non-hydrogen) atoms. The Bertz CT molecular complexity index is 1010. The molecule has 0 radical (unpaired) electrons. The summed E-state index contributed by atoms with van der Waals surface area (Å²) in [6.45, 7) is 2.03. The number of fused-ring (bicyclic) bond motifs is 2. The van der Waals surface area contributed by atoms with Crippen LogP contribution in [0.1, 0.15) is 22.9 Å². The van der Waals surface area contributed by atoms with E-state index in [-0.39, 0.29) is 0 Å². The number of anilines is 1. The Morgan fingerprint density at radius 3 is 2.90 bits per heavy atom. The largest absolute Gasteiger partial charge is 0.497 e. The molecule has 0 saturated carbocycles. The van der Waals surface area contributed by atoms with Gasteiger partial charge in [0.25, 0.3) is 0 Å². The van der Waals surface area contributed by atoms with Crippen LogP contribution in [-0.2, 0) is 6.54 Å². The summed E-state index contributed by atoms with van der Waals surface area (Å²) in [6.07, 6.45) is 2.88. The van der Waals surface area contributed by atoms with Gasteiger partial charge in [-0.25, -0.2) is 0 Å². The van der Waals surface area contributed by atoms with Crippen molar-refractivity contribution in [3.05, 3.63) is 72.1 Å². The van der Waals surface area contributed by atoms with E-state index in [1.807, 2.05) is 42.2 Å². The summed E-state index contributed by atoms with van der Waals surface area (Å²) in [5.74, 6) is 2.54. The third kappa shape index (κ3) is 3.72. The summed E-state index contributed by atoms with van der Waals surface area (Å²) in [6, 6.07) is 18.7. The van der Waals surface area contributed by atoms with Gasteiger partial charge >= 0.3 is 0 Å². The summed E-state index contributed by atoms with van der Waals surface area (Å²) in [7, 11) is 1.71. The van der Waals surface area contributed by atoms with Gasteiger partial charge in [-0.05, 0) is 54.4 Å². The number of nitrogens with zero attached hydrogens (tertiary/aromatic N) is 2. The van der Waals surface area contributed by atoms with Crippen molar-refractivity contribution < 1.29 is 14.2 Å². The van der Waals surface area contributed by atoms with Gasteiger partial charge in [-0.1, -0.05) is 12.1 Å². The highest BCUT2D eigenvalue weighted by Crippen LogP contribution is 2.48. The number of hydrogen-bond donors (Lipinski definition) is 0. The van der Waals surface area contributed by atoms with Crippen LogP contribution >= 0.6 is 11.8 Å². The second-order valence-corrected chi connectivity index (χ2v) is 8.33. The number of thioether (sulfide) groups is 1. The van der Waals surface area contributed by atoms with E-state index in [1.165, 1.54) is 16.1 Å². The quantitative estimate of drug-likeness (QED) is 0.603. The highest BCUT2D eigenvalue weighted by molar-refractivity contribution is 7.99. The van der Waals surface area contributed by atoms with E-state index < -0.39 is 0 Å². The second kappa shape index (κ2) is 7.87. The lowest BCUT2D eigenvalue weighted by Gasteiger charge is -2.24. The normalized spacial score (nSPS) is 17.6. The van der Waals surface area contributed by atoms with Crippen LogP contribution in [-0.4, -0.2) is 25.4 Å². The minimum absolute atomic E-state index is 0.300. The molecule has 2 aliphatic rings. The molecular weight excluding hydrogens is 384 g/mol. The molecule has 2 aliphatic heterocycles. The van der Waals surface area contributed by atoms with E-state index in [9.17, 15) is 0 Å². The van der Waals surface area contributed by atoms with Crippen molar-refractivity contribution in [3.8, 4) is 17.2 Å². The van der Waals surface area contributed by atoms with Crippen LogP contribution in [0.15, 0.2) is 65.7 Å². The molecular formula is C23H22N2O3S. The Morgan fingerprint density at radius 2 is 2.03 bits per heavy atom. The van der Waals surface area contributed by atoms with Crippen molar-refractivity contribution in [1.29, 1.82) is 0 Å². The molecule has 5 nitrogen and oxygen atoms in total. The maximum Gasteiger partial charge on any atom is 0.231 e. The first kappa shape index (κ1) is 18.2. The smallest absolute Gasteiger partial charge is 0.231 e. The first-order chi connectivity index (χ1) is 14.3. The van der Waals surface area contributed by atoms with Crippen LogP contribution in [0.3, 0.4) is 0 Å². The zero-order valence-corrected chi connectivity index (χ0v) is 17.0. The molecule has 1 aromatic heterocycles. The predicted octanol–water partition coefficient (Wildman–Crippen LogP) is 5.06. The highest BCUT2D eigenvalue weighted by Gasteiger charge is 2.26. The molecule has 0 aliphatic carbocycles. The summed E-state index contributed by atoms with van der Waals surface area (Å²) in [5, 5.41) is 0.323. The van der Waals surface area contributed by atoms with E-state index in [0.29, 0.717) is 12.0 Å². The molecule has 148 valence electrons. The average molecular weight is 407 g/mol. The fourth-order valence-corrected chi connectivity index (χ4v) is 5.10. The molecule has 3 heterocycles. The zero-order chi connectivity index (χ0) is 19.6. The molecule has 1 atom stereocenters. The van der Waals surface area contributed by atoms with Gasteiger partial charge in [-0.3, -0.25) is 4.98 Å². The van der Waals surface area contributed by atoms with Gasteiger partial charge in [0.1, 0.15) is 5.75 Å². The third-order valence-electron chi connectivity index (χ3n) is 5.29. The van der Waals surface area contributed by atoms with E-state index in [4.69, 9.17) is 14.2 Å². The molecule has 0 spiro atoms. The van der Waals surface area contributed by atoms with Crippen molar-refractivity contribution in [2.24, 2.45) is 0 Å². The molecule has 2 aromatic carbocycles. The van der Waals surface area contributed by atoms with Crippen LogP contribution in [0.25, 0.3) is 0 Å². The van der Waals surface area contributed by atoms with Gasteiger partial charge in [0.2, 0.25) is 6.79 Å². The number of rotatable bonds is 4. The van der Waals surface area contributed by atoms with Gasteiger partial charge in [0.05, 0.1) is 25.0 Å². The summed E-state index contributed by atoms with van der Waals surface area (Å²) in [5.41, 5.74) is 3.55. The lowest BCUT2D eigenvalue weighted by Crippen LogP contribution is -2.24. The van der Waals surface area contributed by atoms with Gasteiger partial charge < -0.3 is 19.1 Å². The topological polar surface area (TPSA) is 43.8 Å². The second-order valence-electron chi connectivity index (χ2n) is 7.08. The summed E-state index contributed by atoms with van der Waals surface area (Å²) >= 11 is 1.88. The van der Waals surface area contributed by atoms with Gasteiger partial charge in [0.15, 0.2) is 11.5 Å². The Kier molecular flexibility index (Phi) is 4.94. The molecule has 5 rings (SSSR count). The number of hydrogen-bond acceptors (Lipinski definition) is 6. The van der Waals surface area contributed by atoms with Crippen LogP contribution < -0.4 is 19.1 Å². The Balaban J connectivity index is 1.48. The lowest BCUT2D eigenvalue weighted by atomic mass is 10.1. The molecule has 1 unspecified atom stereocenters. The Morgan fingerprint density at radius 1 is 1.10 bits per heavy atom. The van der Waals surface area contributed by atoms with Crippen molar-refractivity contribution in [2.45, 2.75) is 23.1 Å². The SMILES string of the molecule is COc1ccc2c(c1)SC(c1ccc3c(c1)OCO3)CCN2Cc1ccccn1. The van der Waals surface area contributed by atoms with Gasteiger partial charge in [-0.15, -0.1) is 11.8 Å². The van der Waals surface area contributed by atoms with E-state index in [1.54, 1.807) is 7.11 Å². The summed E-state index contributed by atoms with van der Waals surface area (Å²) < 4.78 is 16.6. The van der Waals surface area contributed by atoms with Crippen LogP contribution in [0.5, 0.6) is 17.2 Å². The summed E-state index contributed by atoms with van der Waals surface area (Å²) in [4.78, 5) is 8.16. The van der Waals surface area contributed by atoms with Crippen molar-refractivity contribution in [3.63, 3.8) is 0 Å². The van der Waals surface area contributed by atoms with E-state index in [2.05, 4.69) is 40.2 Å². The van der Waals surface area contributed by atoms with Crippen LogP contribution in [0, 0.1) is 0 Å². The van der Waals surface area contributed by atoms with Crippen molar-refractivity contribution >= 4 is 17.4 Å². The fourth-order valence-electron chi connectivity index (χ4n) is 3.78. The fraction of sp³-hybridized carbons (Fsp3) is 0.261. The van der Waals surface area contributed by atoms with Crippen molar-refractivity contribution in [1.82, 2.24) is 4.98 Å². The van der Waals surface area contributed by atoms with Gasteiger partial charge in [-0.2, -0.15) is 0 Å². The molecule has 0 amide bonds. The standard InChI is InChI=1S/C23H22N2O3S/c1-26-18-6-7-19-23(13-18)29-22(16-5-8-20-21(12-16)28-15-27-20)9-11-25(19)14-17-4-2-3-10-24-17/h2-8,10,12-13,22H,9,11,14-15H2,1H3. The monoisotopic (exact) mass is 406 g/mol. The maximum atomic E-state index is 5.60. The minimum Gasteiger partial charge on any atom is -0.497 e. The molecule has 6 heteroatoms. The van der Waals surface area contributed by atoms with Crippen LogP contribution in [0.2, 0.25) is 0 Å². The van der Waals surface area contributed by atoms with E-state index >= 15 is 0 Å². The first-order valence-corrected chi connectivity index (χ1v) is 10.6. The molecule has 3 aromatic rings. The van der Waals surface area contributed by atoms with Gasteiger partial charge in [0, 0.05) is 22.9 Å². The van der Waals surface area contributed by atoms with Crippen molar-refractivity contribution in [2.75, 3.05) is 25.3 Å². The predicted molar refractivity (Wildman–Crippen MR) is 114 cm³/mol. The first-order valence-electron chi connectivity index (χ1n) is 9.69. The highest BCUT2D eigenvalue weighted by atomic mass is 32.2. The van der Waals surface area contributed by atoms with Crippen LogP contribution in [0.4, 0.5) is 5.69 Å². The molecule has 0 saturated heterocycles. The average Bonchev–Trinajstić information content (AvgIpc) is 3.16. The maximum absolute atomic E-state index is 5.60. The number of methoxy groups -OCH3 is 1. The number of aromatic nitrogens is 1. The molecule has 0 N–H and O–H groups in total. The Labute approximate surface area is 174 Å². The lowest BCUT2D eigenvalue weighted by molar-refractivity contribution is 0.174. The third-order valence-corrected chi connectivity index (χ3v) is 6.66. The van der Waals surface area contributed by atoms with E-state index in [0.717, 1.165) is 42.5 Å². The number of benzene rings is 2. The minimum atomic E-state index is 0.300.